The molecular formula is C12H14ClN3O. The van der Waals surface area contributed by atoms with Crippen LogP contribution in [0, 0.1) is 11.3 Å². The Morgan fingerprint density at radius 2 is 2.29 bits per heavy atom. The number of hydrogen-bond acceptors (Lipinski definition) is 3. The first-order valence-corrected chi connectivity index (χ1v) is 6.24. The van der Waals surface area contributed by atoms with Crippen molar-refractivity contribution in [2.75, 3.05) is 0 Å². The molecule has 0 unspecified atom stereocenters. The van der Waals surface area contributed by atoms with Gasteiger partial charge in [0.15, 0.2) is 0 Å². The zero-order chi connectivity index (χ0) is 12.3. The molecule has 0 aliphatic heterocycles. The predicted molar refractivity (Wildman–Crippen MR) is 64.9 cm³/mol. The van der Waals surface area contributed by atoms with Gasteiger partial charge in [0.05, 0.1) is 6.07 Å². The van der Waals surface area contributed by atoms with Crippen LogP contribution in [0.25, 0.3) is 0 Å². The normalized spacial score (nSPS) is 14.6. The fourth-order valence-corrected chi connectivity index (χ4v) is 2.03. The average Bonchev–Trinajstić information content (AvgIpc) is 3.09. The summed E-state index contributed by atoms with van der Waals surface area (Å²) in [6, 6.07) is 3.46. The topological polar surface area (TPSA) is 58.7 Å². The van der Waals surface area contributed by atoms with Gasteiger partial charge in [-0.15, -0.1) is 0 Å². The highest BCUT2D eigenvalue weighted by atomic mass is 35.5. The summed E-state index contributed by atoms with van der Waals surface area (Å²) in [6.07, 6.45) is 4.36. The minimum Gasteiger partial charge on any atom is -0.296 e. The van der Waals surface area contributed by atoms with Crippen LogP contribution in [0.3, 0.4) is 0 Å². The van der Waals surface area contributed by atoms with Gasteiger partial charge in [0.2, 0.25) is 0 Å². The summed E-state index contributed by atoms with van der Waals surface area (Å²) < 4.78 is 1.71. The van der Waals surface area contributed by atoms with Gasteiger partial charge in [-0.05, 0) is 25.7 Å². The molecule has 1 saturated carbocycles. The maximum Gasteiger partial charge on any atom is 0.254 e. The summed E-state index contributed by atoms with van der Waals surface area (Å²) in [6.45, 7) is 0.635. The van der Waals surface area contributed by atoms with Crippen LogP contribution in [0.1, 0.15) is 43.8 Å². The van der Waals surface area contributed by atoms with Crippen molar-refractivity contribution in [3.05, 3.63) is 27.4 Å². The van der Waals surface area contributed by atoms with Crippen molar-refractivity contribution in [1.29, 1.82) is 5.26 Å². The SMILES string of the molecule is N#CCCCCn1c(C2CC2)nc(Cl)cc1=O. The monoisotopic (exact) mass is 251 g/mol. The molecule has 0 saturated heterocycles. The Morgan fingerprint density at radius 1 is 1.53 bits per heavy atom. The quantitative estimate of drug-likeness (QED) is 0.597. The Kier molecular flexibility index (Phi) is 3.80. The second-order valence-corrected chi connectivity index (χ2v) is 4.70. The Labute approximate surface area is 105 Å². The molecule has 5 heteroatoms. The second kappa shape index (κ2) is 5.33. The molecule has 0 amide bonds. The average molecular weight is 252 g/mol. The van der Waals surface area contributed by atoms with Crippen molar-refractivity contribution >= 4 is 11.6 Å². The number of hydrogen-bond donors (Lipinski definition) is 0. The van der Waals surface area contributed by atoms with Gasteiger partial charge in [-0.1, -0.05) is 11.6 Å². The van der Waals surface area contributed by atoms with E-state index in [4.69, 9.17) is 16.9 Å². The van der Waals surface area contributed by atoms with E-state index in [9.17, 15) is 4.79 Å². The fraction of sp³-hybridized carbons (Fsp3) is 0.583. The lowest BCUT2D eigenvalue weighted by atomic mass is 10.2. The van der Waals surface area contributed by atoms with Gasteiger partial charge in [-0.3, -0.25) is 9.36 Å². The molecule has 17 heavy (non-hydrogen) atoms. The van der Waals surface area contributed by atoms with Crippen molar-refractivity contribution in [3.8, 4) is 6.07 Å². The van der Waals surface area contributed by atoms with Gasteiger partial charge in [0.1, 0.15) is 11.0 Å². The van der Waals surface area contributed by atoms with E-state index >= 15 is 0 Å². The zero-order valence-corrected chi connectivity index (χ0v) is 10.3. The Hall–Kier alpha value is -1.34. The van der Waals surface area contributed by atoms with Crippen LogP contribution in [-0.2, 0) is 6.54 Å². The molecule has 0 aromatic carbocycles. The van der Waals surface area contributed by atoms with Crippen LogP contribution in [0.2, 0.25) is 5.15 Å². The largest absolute Gasteiger partial charge is 0.296 e. The van der Waals surface area contributed by atoms with E-state index in [2.05, 4.69) is 11.1 Å². The van der Waals surface area contributed by atoms with Gasteiger partial charge in [0, 0.05) is 24.9 Å². The lowest BCUT2D eigenvalue weighted by Crippen LogP contribution is -2.24. The highest BCUT2D eigenvalue weighted by Gasteiger charge is 2.28. The van der Waals surface area contributed by atoms with Crippen LogP contribution in [0.15, 0.2) is 10.9 Å². The second-order valence-electron chi connectivity index (χ2n) is 4.32. The minimum absolute atomic E-state index is 0.0798. The van der Waals surface area contributed by atoms with Crippen LogP contribution in [0.5, 0.6) is 0 Å². The number of nitriles is 1. The van der Waals surface area contributed by atoms with Crippen molar-refractivity contribution in [1.82, 2.24) is 9.55 Å². The smallest absolute Gasteiger partial charge is 0.254 e. The lowest BCUT2D eigenvalue weighted by molar-refractivity contribution is 0.562. The first-order chi connectivity index (χ1) is 8.22. The van der Waals surface area contributed by atoms with E-state index in [0.29, 0.717) is 18.9 Å². The summed E-state index contributed by atoms with van der Waals surface area (Å²) in [5.41, 5.74) is -0.0798. The third-order valence-electron chi connectivity index (χ3n) is 2.87. The summed E-state index contributed by atoms with van der Waals surface area (Å²) >= 11 is 5.81. The Morgan fingerprint density at radius 3 is 2.94 bits per heavy atom. The number of unbranched alkanes of at least 4 members (excludes halogenated alkanes) is 2. The highest BCUT2D eigenvalue weighted by Crippen LogP contribution is 2.38. The summed E-state index contributed by atoms with van der Waals surface area (Å²) in [7, 11) is 0. The Balaban J connectivity index is 2.14. The van der Waals surface area contributed by atoms with E-state index in [1.54, 1.807) is 4.57 Å². The van der Waals surface area contributed by atoms with Crippen molar-refractivity contribution in [2.24, 2.45) is 0 Å². The first kappa shape index (κ1) is 12.1. The number of nitrogens with zero attached hydrogens (tertiary/aromatic N) is 3. The molecule has 0 N–H and O–H groups in total. The molecule has 0 radical (unpaired) electrons. The molecule has 1 aliphatic rings. The molecule has 0 spiro atoms. The van der Waals surface area contributed by atoms with E-state index in [0.717, 1.165) is 31.5 Å². The van der Waals surface area contributed by atoms with Gasteiger partial charge in [0.25, 0.3) is 5.56 Å². The zero-order valence-electron chi connectivity index (χ0n) is 9.53. The maximum atomic E-state index is 11.8. The third-order valence-corrected chi connectivity index (χ3v) is 3.06. The minimum atomic E-state index is -0.0798. The van der Waals surface area contributed by atoms with Crippen LogP contribution >= 0.6 is 11.6 Å². The highest BCUT2D eigenvalue weighted by molar-refractivity contribution is 6.29. The first-order valence-electron chi connectivity index (χ1n) is 5.86. The summed E-state index contributed by atoms with van der Waals surface area (Å²) in [4.78, 5) is 16.1. The molecule has 1 aromatic rings. The molecule has 4 nitrogen and oxygen atoms in total. The van der Waals surface area contributed by atoms with E-state index in [-0.39, 0.29) is 10.7 Å². The van der Waals surface area contributed by atoms with Crippen LogP contribution in [0.4, 0.5) is 0 Å². The molecule has 1 heterocycles. The van der Waals surface area contributed by atoms with Gasteiger partial charge in [-0.2, -0.15) is 5.26 Å². The molecule has 1 aliphatic carbocycles. The van der Waals surface area contributed by atoms with Gasteiger partial charge in [-0.25, -0.2) is 4.98 Å². The number of halogens is 1. The molecule has 0 atom stereocenters. The summed E-state index contributed by atoms with van der Waals surface area (Å²) in [5, 5.41) is 8.74. The van der Waals surface area contributed by atoms with E-state index < -0.39 is 0 Å². The van der Waals surface area contributed by atoms with Crippen LogP contribution < -0.4 is 5.56 Å². The third kappa shape index (κ3) is 3.07. The molecular weight excluding hydrogens is 238 g/mol. The molecule has 0 bridgehead atoms. The lowest BCUT2D eigenvalue weighted by Gasteiger charge is -2.10. The predicted octanol–water partition coefficient (Wildman–Crippen LogP) is 2.47. The molecule has 2 rings (SSSR count). The van der Waals surface area contributed by atoms with Gasteiger partial charge < -0.3 is 0 Å². The van der Waals surface area contributed by atoms with Crippen LogP contribution in [-0.4, -0.2) is 9.55 Å². The fourth-order valence-electron chi connectivity index (χ4n) is 1.85. The molecule has 1 aromatic heterocycles. The number of rotatable bonds is 5. The Bertz CT molecular complexity index is 499. The number of aromatic nitrogens is 2. The summed E-state index contributed by atoms with van der Waals surface area (Å²) in [5.74, 6) is 1.22. The van der Waals surface area contributed by atoms with Crippen molar-refractivity contribution < 1.29 is 0 Å². The van der Waals surface area contributed by atoms with Gasteiger partial charge >= 0.3 is 0 Å². The molecule has 90 valence electrons. The van der Waals surface area contributed by atoms with E-state index in [1.165, 1.54) is 6.07 Å². The molecule has 1 fully saturated rings. The van der Waals surface area contributed by atoms with Crippen molar-refractivity contribution in [2.45, 2.75) is 44.6 Å². The standard InChI is InChI=1S/C12H14ClN3O/c13-10-8-11(17)16(7-3-1-2-6-14)12(15-10)9-4-5-9/h8-9H,1-5,7H2. The van der Waals surface area contributed by atoms with Crippen molar-refractivity contribution in [3.63, 3.8) is 0 Å². The van der Waals surface area contributed by atoms with E-state index in [1.807, 2.05) is 0 Å². The maximum absolute atomic E-state index is 11.8.